The number of aryl methyl sites for hydroxylation is 1. The lowest BCUT2D eigenvalue weighted by atomic mass is 10.2. The lowest BCUT2D eigenvalue weighted by Gasteiger charge is -2.26. The number of sulfonamides is 1. The van der Waals surface area contributed by atoms with Gasteiger partial charge in [-0.25, -0.2) is 16.8 Å². The summed E-state index contributed by atoms with van der Waals surface area (Å²) in [6, 6.07) is 5.77. The molecule has 0 aliphatic carbocycles. The Morgan fingerprint density at radius 2 is 1.83 bits per heavy atom. The van der Waals surface area contributed by atoms with Crippen LogP contribution in [-0.2, 0) is 34.2 Å². The van der Waals surface area contributed by atoms with Crippen LogP contribution in [0.5, 0.6) is 0 Å². The highest BCUT2D eigenvalue weighted by Crippen LogP contribution is 2.18. The fourth-order valence-corrected chi connectivity index (χ4v) is 5.93. The van der Waals surface area contributed by atoms with Crippen molar-refractivity contribution in [2.45, 2.75) is 31.2 Å². The number of carbonyl (C=O) groups is 2. The Balaban J connectivity index is 1.91. The second-order valence-electron chi connectivity index (χ2n) is 6.97. The zero-order chi connectivity index (χ0) is 21.8. The maximum atomic E-state index is 12.5. The van der Waals surface area contributed by atoms with E-state index >= 15 is 0 Å². The zero-order valence-corrected chi connectivity index (χ0v) is 18.3. The molecule has 2 rings (SSSR count). The Kier molecular flexibility index (Phi) is 7.41. The highest BCUT2D eigenvalue weighted by Gasteiger charge is 2.34. The first-order chi connectivity index (χ1) is 13.5. The van der Waals surface area contributed by atoms with Gasteiger partial charge in [0.1, 0.15) is 6.54 Å². The first-order valence-corrected chi connectivity index (χ1v) is 12.4. The second-order valence-corrected chi connectivity index (χ2v) is 11.2. The third-order valence-corrected chi connectivity index (χ3v) is 8.32. The van der Waals surface area contributed by atoms with Crippen molar-refractivity contribution in [3.05, 3.63) is 29.8 Å². The van der Waals surface area contributed by atoms with E-state index in [0.717, 1.165) is 9.87 Å². The minimum atomic E-state index is -3.87. The molecular formula is C18H26N2O7S2. The van der Waals surface area contributed by atoms with Crippen LogP contribution in [0.2, 0.25) is 0 Å². The first kappa shape index (κ1) is 23.3. The monoisotopic (exact) mass is 446 g/mol. The quantitative estimate of drug-likeness (QED) is 0.523. The molecular weight excluding hydrogens is 420 g/mol. The van der Waals surface area contributed by atoms with Crippen molar-refractivity contribution < 1.29 is 31.2 Å². The van der Waals surface area contributed by atoms with Gasteiger partial charge in [0.15, 0.2) is 16.4 Å². The summed E-state index contributed by atoms with van der Waals surface area (Å²) in [6.07, 6.45) is 0.355. The van der Waals surface area contributed by atoms with Gasteiger partial charge in [-0.3, -0.25) is 9.59 Å². The van der Waals surface area contributed by atoms with Gasteiger partial charge in [-0.1, -0.05) is 17.7 Å². The Labute approximate surface area is 171 Å². The van der Waals surface area contributed by atoms with Gasteiger partial charge in [-0.15, -0.1) is 0 Å². The fraction of sp³-hybridized carbons (Fsp3) is 0.556. The number of nitrogens with zero attached hydrogens (tertiary/aromatic N) is 2. The number of hydrogen-bond acceptors (Lipinski definition) is 7. The summed E-state index contributed by atoms with van der Waals surface area (Å²) < 4.78 is 54.0. The maximum absolute atomic E-state index is 12.5. The molecule has 11 heteroatoms. The molecule has 0 aromatic heterocycles. The summed E-state index contributed by atoms with van der Waals surface area (Å²) in [5.74, 6) is -1.44. The maximum Gasteiger partial charge on any atom is 0.321 e. The van der Waals surface area contributed by atoms with E-state index in [2.05, 4.69) is 0 Å². The highest BCUT2D eigenvalue weighted by molar-refractivity contribution is 7.91. The molecule has 1 heterocycles. The molecule has 0 bridgehead atoms. The van der Waals surface area contributed by atoms with E-state index in [9.17, 15) is 26.4 Å². The molecule has 1 unspecified atom stereocenters. The van der Waals surface area contributed by atoms with Crippen LogP contribution in [0.1, 0.15) is 18.9 Å². The largest absolute Gasteiger partial charge is 0.455 e. The van der Waals surface area contributed by atoms with Gasteiger partial charge in [0.05, 0.1) is 16.4 Å². The van der Waals surface area contributed by atoms with Crippen LogP contribution in [-0.4, -0.2) is 82.2 Å². The number of rotatable bonds is 8. The minimum Gasteiger partial charge on any atom is -0.455 e. The topological polar surface area (TPSA) is 118 Å². The summed E-state index contributed by atoms with van der Waals surface area (Å²) in [4.78, 5) is 25.8. The van der Waals surface area contributed by atoms with E-state index in [1.165, 1.54) is 24.1 Å². The van der Waals surface area contributed by atoms with Gasteiger partial charge >= 0.3 is 5.97 Å². The third-order valence-electron chi connectivity index (χ3n) is 4.75. The molecule has 1 atom stereocenters. The number of esters is 1. The summed E-state index contributed by atoms with van der Waals surface area (Å²) in [6.45, 7) is 2.72. The molecule has 0 radical (unpaired) electrons. The molecule has 1 aromatic rings. The number of ether oxygens (including phenoxy) is 1. The molecule has 1 aliphatic heterocycles. The number of hydrogen-bond donors (Lipinski definition) is 0. The van der Waals surface area contributed by atoms with Crippen LogP contribution in [0.4, 0.5) is 0 Å². The summed E-state index contributed by atoms with van der Waals surface area (Å²) in [7, 11) is -5.77. The van der Waals surface area contributed by atoms with Crippen molar-refractivity contribution in [2.24, 2.45) is 0 Å². The molecule has 162 valence electrons. The Morgan fingerprint density at radius 1 is 1.21 bits per heavy atom. The number of likely N-dealkylation sites (N-methyl/N-ethyl adjacent to an activating group) is 2. The van der Waals surface area contributed by atoms with Crippen molar-refractivity contribution >= 4 is 31.7 Å². The van der Waals surface area contributed by atoms with E-state index in [1.807, 2.05) is 6.92 Å². The van der Waals surface area contributed by atoms with Crippen molar-refractivity contribution in [3.63, 3.8) is 0 Å². The molecule has 0 spiro atoms. The average Bonchev–Trinajstić information content (AvgIpc) is 3.00. The van der Waals surface area contributed by atoms with Gasteiger partial charge in [-0.2, -0.15) is 4.31 Å². The Hall–Kier alpha value is -1.98. The van der Waals surface area contributed by atoms with Crippen molar-refractivity contribution in [2.75, 3.05) is 38.2 Å². The smallest absolute Gasteiger partial charge is 0.321 e. The van der Waals surface area contributed by atoms with Gasteiger partial charge in [0.2, 0.25) is 10.0 Å². The number of sulfone groups is 1. The molecule has 9 nitrogen and oxygen atoms in total. The molecule has 29 heavy (non-hydrogen) atoms. The van der Waals surface area contributed by atoms with Crippen LogP contribution in [0.25, 0.3) is 0 Å². The summed E-state index contributed by atoms with van der Waals surface area (Å²) in [5.41, 5.74) is 0.903. The van der Waals surface area contributed by atoms with Crippen LogP contribution in [0.15, 0.2) is 29.2 Å². The van der Waals surface area contributed by atoms with Crippen LogP contribution in [0.3, 0.4) is 0 Å². The molecule has 1 amide bonds. The van der Waals surface area contributed by atoms with Crippen molar-refractivity contribution in [1.82, 2.24) is 9.21 Å². The zero-order valence-electron chi connectivity index (χ0n) is 16.7. The predicted octanol–water partition coefficient (Wildman–Crippen LogP) is 0.194. The van der Waals surface area contributed by atoms with Gasteiger partial charge in [0, 0.05) is 19.6 Å². The molecule has 0 N–H and O–H groups in total. The van der Waals surface area contributed by atoms with E-state index in [0.29, 0.717) is 6.42 Å². The lowest BCUT2D eigenvalue weighted by Crippen LogP contribution is -2.43. The number of carbonyl (C=O) groups excluding carboxylic acids is 2. The normalized spacial score (nSPS) is 18.6. The Morgan fingerprint density at radius 3 is 2.34 bits per heavy atom. The molecule has 1 saturated heterocycles. The average molecular weight is 447 g/mol. The Bertz CT molecular complexity index is 956. The molecule has 1 aliphatic rings. The number of amides is 1. The van der Waals surface area contributed by atoms with E-state index < -0.39 is 50.9 Å². The van der Waals surface area contributed by atoms with E-state index in [1.54, 1.807) is 19.1 Å². The molecule has 1 aromatic carbocycles. The van der Waals surface area contributed by atoms with Gasteiger partial charge in [0.25, 0.3) is 5.91 Å². The fourth-order valence-electron chi connectivity index (χ4n) is 3.09. The summed E-state index contributed by atoms with van der Waals surface area (Å²) in [5, 5.41) is 0. The third kappa shape index (κ3) is 6.00. The minimum absolute atomic E-state index is 0.0307. The van der Waals surface area contributed by atoms with Crippen LogP contribution < -0.4 is 0 Å². The van der Waals surface area contributed by atoms with Crippen LogP contribution in [0, 0.1) is 6.92 Å². The van der Waals surface area contributed by atoms with Gasteiger partial charge in [-0.05, 0) is 32.4 Å². The second kappa shape index (κ2) is 9.23. The first-order valence-electron chi connectivity index (χ1n) is 9.15. The lowest BCUT2D eigenvalue weighted by molar-refractivity contribution is -0.152. The van der Waals surface area contributed by atoms with E-state index in [-0.39, 0.29) is 22.9 Å². The predicted molar refractivity (Wildman–Crippen MR) is 106 cm³/mol. The van der Waals surface area contributed by atoms with Crippen molar-refractivity contribution in [3.8, 4) is 0 Å². The van der Waals surface area contributed by atoms with Crippen LogP contribution >= 0.6 is 0 Å². The van der Waals surface area contributed by atoms with Crippen molar-refractivity contribution in [1.29, 1.82) is 0 Å². The molecule has 1 fully saturated rings. The van der Waals surface area contributed by atoms with E-state index in [4.69, 9.17) is 4.74 Å². The highest BCUT2D eigenvalue weighted by atomic mass is 32.2. The molecule has 0 saturated carbocycles. The summed E-state index contributed by atoms with van der Waals surface area (Å²) >= 11 is 0. The standard InChI is InChI=1S/C18H26N2O7S2/c1-4-20(15-9-10-28(23,24)13-15)17(21)12-27-18(22)11-19(3)29(25,26)16-7-5-14(2)6-8-16/h5-8,15H,4,9-13H2,1-3H3. The SMILES string of the molecule is CCN(C(=O)COC(=O)CN(C)S(=O)(=O)c1ccc(C)cc1)C1CCS(=O)(=O)C1. The van der Waals surface area contributed by atoms with Gasteiger partial charge < -0.3 is 9.64 Å². The number of benzene rings is 1.